The summed E-state index contributed by atoms with van der Waals surface area (Å²) in [7, 11) is 2.83. The number of benzene rings is 2. The Hall–Kier alpha value is -3.74. The van der Waals surface area contributed by atoms with Gasteiger partial charge in [0, 0.05) is 29.3 Å². The SMILES string of the molecule is Cc1c(=O)n(C)c(Nc2ccc(I)cc2F)c2c(=O)n(C)c(=O)n(-c3cccc(CC(=O)NC4CC4)c3)c12. The summed E-state index contributed by atoms with van der Waals surface area (Å²) in [5.41, 5.74) is -0.276. The van der Waals surface area contributed by atoms with Crippen molar-refractivity contribution < 1.29 is 9.18 Å². The molecule has 0 aliphatic heterocycles. The Morgan fingerprint density at radius 2 is 1.79 bits per heavy atom. The highest BCUT2D eigenvalue weighted by Crippen LogP contribution is 2.27. The number of amides is 1. The Balaban J connectivity index is 1.75. The van der Waals surface area contributed by atoms with Crippen LogP contribution in [0, 0.1) is 16.3 Å². The molecule has 1 aliphatic rings. The van der Waals surface area contributed by atoms with Crippen molar-refractivity contribution in [2.24, 2.45) is 14.1 Å². The van der Waals surface area contributed by atoms with Crippen molar-refractivity contribution in [2.45, 2.75) is 32.2 Å². The minimum absolute atomic E-state index is 0.0570. The first-order valence-electron chi connectivity index (χ1n) is 12.0. The van der Waals surface area contributed by atoms with Gasteiger partial charge in [-0.25, -0.2) is 9.18 Å². The van der Waals surface area contributed by atoms with Crippen LogP contribution in [0.4, 0.5) is 15.9 Å². The highest BCUT2D eigenvalue weighted by molar-refractivity contribution is 14.1. The van der Waals surface area contributed by atoms with Crippen molar-refractivity contribution in [3.8, 4) is 5.69 Å². The molecule has 9 nitrogen and oxygen atoms in total. The minimum atomic E-state index is -0.648. The maximum atomic E-state index is 14.7. The Labute approximate surface area is 230 Å². The van der Waals surface area contributed by atoms with Crippen LogP contribution in [0.2, 0.25) is 0 Å². The zero-order valence-corrected chi connectivity index (χ0v) is 23.1. The molecule has 0 atom stereocenters. The summed E-state index contributed by atoms with van der Waals surface area (Å²) >= 11 is 1.99. The van der Waals surface area contributed by atoms with E-state index in [0.717, 1.165) is 17.4 Å². The number of pyridine rings is 1. The van der Waals surface area contributed by atoms with Crippen LogP contribution in [0.15, 0.2) is 56.8 Å². The van der Waals surface area contributed by atoms with Gasteiger partial charge in [0.15, 0.2) is 0 Å². The Kier molecular flexibility index (Phi) is 6.72. The van der Waals surface area contributed by atoms with Gasteiger partial charge in [-0.2, -0.15) is 0 Å². The number of nitrogens with one attached hydrogen (secondary N) is 2. The lowest BCUT2D eigenvalue weighted by atomic mass is 10.1. The molecule has 4 aromatic rings. The molecule has 2 aromatic carbocycles. The fraction of sp³-hybridized carbons (Fsp3) is 0.259. The number of rotatable bonds is 6. The summed E-state index contributed by atoms with van der Waals surface area (Å²) in [6.07, 6.45) is 2.08. The number of hydrogen-bond acceptors (Lipinski definition) is 5. The summed E-state index contributed by atoms with van der Waals surface area (Å²) in [6, 6.07) is 11.6. The third-order valence-corrected chi connectivity index (χ3v) is 7.34. The van der Waals surface area contributed by atoms with E-state index in [1.807, 2.05) is 22.6 Å². The van der Waals surface area contributed by atoms with Crippen LogP contribution in [-0.4, -0.2) is 25.7 Å². The summed E-state index contributed by atoms with van der Waals surface area (Å²) in [6.45, 7) is 1.54. The maximum Gasteiger partial charge on any atom is 0.335 e. The molecule has 0 saturated heterocycles. The molecule has 5 rings (SSSR count). The van der Waals surface area contributed by atoms with Crippen molar-refractivity contribution in [2.75, 3.05) is 5.32 Å². The molecular weight excluding hydrogens is 604 g/mol. The van der Waals surface area contributed by atoms with Gasteiger partial charge in [-0.15, -0.1) is 0 Å². The van der Waals surface area contributed by atoms with Gasteiger partial charge in [-0.1, -0.05) is 12.1 Å². The van der Waals surface area contributed by atoms with Gasteiger partial charge in [-0.3, -0.25) is 28.1 Å². The van der Waals surface area contributed by atoms with E-state index in [0.29, 0.717) is 14.8 Å². The number of nitrogens with zero attached hydrogens (tertiary/aromatic N) is 3. The van der Waals surface area contributed by atoms with E-state index in [1.165, 1.54) is 35.4 Å². The molecule has 1 saturated carbocycles. The van der Waals surface area contributed by atoms with Gasteiger partial charge >= 0.3 is 5.69 Å². The number of carbonyl (C=O) groups is 1. The van der Waals surface area contributed by atoms with Gasteiger partial charge in [0.25, 0.3) is 11.1 Å². The van der Waals surface area contributed by atoms with Crippen LogP contribution >= 0.6 is 22.6 Å². The first-order chi connectivity index (χ1) is 18.1. The fourth-order valence-electron chi connectivity index (χ4n) is 4.51. The quantitative estimate of drug-likeness (QED) is 0.319. The fourth-order valence-corrected chi connectivity index (χ4v) is 4.96. The largest absolute Gasteiger partial charge is 0.353 e. The zero-order chi connectivity index (χ0) is 27.3. The predicted octanol–water partition coefficient (Wildman–Crippen LogP) is 3.00. The van der Waals surface area contributed by atoms with E-state index in [-0.39, 0.29) is 46.3 Å². The molecule has 0 bridgehead atoms. The number of fused-ring (bicyclic) bond motifs is 1. The molecule has 1 amide bonds. The topological polar surface area (TPSA) is 107 Å². The number of carbonyl (C=O) groups excluding carboxylic acids is 1. The van der Waals surface area contributed by atoms with E-state index < -0.39 is 22.6 Å². The second-order valence-electron chi connectivity index (χ2n) is 9.48. The second-order valence-corrected chi connectivity index (χ2v) is 10.7. The van der Waals surface area contributed by atoms with E-state index in [4.69, 9.17) is 0 Å². The molecule has 11 heteroatoms. The summed E-state index contributed by atoms with van der Waals surface area (Å²) in [5.74, 6) is -0.608. The van der Waals surface area contributed by atoms with E-state index in [2.05, 4.69) is 10.6 Å². The zero-order valence-electron chi connectivity index (χ0n) is 21.0. The predicted molar refractivity (Wildman–Crippen MR) is 152 cm³/mol. The maximum absolute atomic E-state index is 14.7. The van der Waals surface area contributed by atoms with Gasteiger partial charge in [0.1, 0.15) is 17.0 Å². The average molecular weight is 629 g/mol. The van der Waals surface area contributed by atoms with Crippen LogP contribution < -0.4 is 27.4 Å². The molecular formula is C27H25FIN5O4. The summed E-state index contributed by atoms with van der Waals surface area (Å²) in [5, 5.41) is 5.91. The number of aromatic nitrogens is 3. The number of hydrogen-bond donors (Lipinski definition) is 2. The van der Waals surface area contributed by atoms with Crippen LogP contribution in [0.25, 0.3) is 16.6 Å². The van der Waals surface area contributed by atoms with E-state index in [9.17, 15) is 23.6 Å². The molecule has 1 aliphatic carbocycles. The van der Waals surface area contributed by atoms with Crippen LogP contribution in [0.1, 0.15) is 24.0 Å². The normalized spacial score (nSPS) is 13.1. The lowest BCUT2D eigenvalue weighted by Gasteiger charge is -2.20. The van der Waals surface area contributed by atoms with Crippen molar-refractivity contribution in [3.05, 3.63) is 94.2 Å². The molecule has 2 N–H and O–H groups in total. The van der Waals surface area contributed by atoms with Crippen LogP contribution in [-0.2, 0) is 25.3 Å². The Morgan fingerprint density at radius 3 is 2.47 bits per heavy atom. The van der Waals surface area contributed by atoms with Gasteiger partial charge in [-0.05, 0) is 78.3 Å². The Bertz CT molecular complexity index is 1800. The molecule has 0 unspecified atom stereocenters. The number of anilines is 2. The lowest BCUT2D eigenvalue weighted by molar-refractivity contribution is -0.120. The van der Waals surface area contributed by atoms with E-state index in [1.54, 1.807) is 37.3 Å². The van der Waals surface area contributed by atoms with Crippen molar-refractivity contribution in [1.29, 1.82) is 0 Å². The van der Waals surface area contributed by atoms with Crippen LogP contribution in [0.3, 0.4) is 0 Å². The molecule has 2 aromatic heterocycles. The highest BCUT2D eigenvalue weighted by atomic mass is 127. The van der Waals surface area contributed by atoms with Gasteiger partial charge < -0.3 is 10.6 Å². The molecule has 1 fully saturated rings. The summed E-state index contributed by atoms with van der Waals surface area (Å²) in [4.78, 5) is 52.6. The summed E-state index contributed by atoms with van der Waals surface area (Å²) < 4.78 is 18.9. The second kappa shape index (κ2) is 9.86. The molecule has 0 spiro atoms. The first kappa shape index (κ1) is 25.9. The molecule has 196 valence electrons. The average Bonchev–Trinajstić information content (AvgIpc) is 3.69. The third-order valence-electron chi connectivity index (χ3n) is 6.67. The highest BCUT2D eigenvalue weighted by Gasteiger charge is 2.24. The lowest BCUT2D eigenvalue weighted by Crippen LogP contribution is -2.40. The molecule has 38 heavy (non-hydrogen) atoms. The first-order valence-corrected chi connectivity index (χ1v) is 13.1. The van der Waals surface area contributed by atoms with Crippen molar-refractivity contribution in [3.63, 3.8) is 0 Å². The smallest absolute Gasteiger partial charge is 0.335 e. The van der Waals surface area contributed by atoms with Crippen molar-refractivity contribution >= 4 is 50.9 Å². The third kappa shape index (κ3) is 4.66. The molecule has 0 radical (unpaired) electrons. The monoisotopic (exact) mass is 629 g/mol. The number of halogens is 2. The minimum Gasteiger partial charge on any atom is -0.353 e. The number of aryl methyl sites for hydroxylation is 1. The standard InChI is InChI=1S/C27H25FIN5O4/c1-14-23-22(24(32(2)25(14)36)31-20-10-7-16(29)13-19(20)28)26(37)33(3)27(38)34(23)18-6-4-5-15(11-18)12-21(35)30-17-8-9-17/h4-7,10-11,13,17,31H,8-9,12H2,1-3H3,(H,30,35). The molecule has 2 heterocycles. The van der Waals surface area contributed by atoms with E-state index >= 15 is 0 Å². The van der Waals surface area contributed by atoms with Crippen molar-refractivity contribution in [1.82, 2.24) is 19.0 Å². The van der Waals surface area contributed by atoms with Gasteiger partial charge in [0.05, 0.1) is 23.3 Å². The van der Waals surface area contributed by atoms with Crippen LogP contribution in [0.5, 0.6) is 0 Å². The Morgan fingerprint density at radius 1 is 1.05 bits per heavy atom. The van der Waals surface area contributed by atoms with Gasteiger partial charge in [0.2, 0.25) is 5.91 Å².